The second-order valence-corrected chi connectivity index (χ2v) is 7.67. The van der Waals surface area contributed by atoms with Crippen LogP contribution in [-0.2, 0) is 11.2 Å². The smallest absolute Gasteiger partial charge is 0.224 e. The molecule has 2 aromatic rings. The highest BCUT2D eigenvalue weighted by molar-refractivity contribution is 9.10. The minimum absolute atomic E-state index is 0.0912. The quantitative estimate of drug-likeness (QED) is 0.720. The van der Waals surface area contributed by atoms with Crippen molar-refractivity contribution in [1.82, 2.24) is 10.2 Å². The highest BCUT2D eigenvalue weighted by Crippen LogP contribution is 2.16. The first kappa shape index (κ1) is 19.8. The molecule has 0 bridgehead atoms. The molecular formula is C21H24BrFN2O2. The number of halogens is 2. The summed E-state index contributed by atoms with van der Waals surface area (Å²) in [6.45, 7) is 3.36. The predicted octanol–water partition coefficient (Wildman–Crippen LogP) is 3.79. The van der Waals surface area contributed by atoms with Crippen LogP contribution in [0, 0.1) is 5.82 Å². The van der Waals surface area contributed by atoms with E-state index < -0.39 is 0 Å². The Morgan fingerprint density at radius 2 is 1.85 bits per heavy atom. The maximum absolute atomic E-state index is 13.6. The van der Waals surface area contributed by atoms with E-state index in [1.807, 2.05) is 24.3 Å². The van der Waals surface area contributed by atoms with E-state index in [4.69, 9.17) is 4.74 Å². The van der Waals surface area contributed by atoms with Crippen LogP contribution in [0.15, 0.2) is 53.0 Å². The Balaban J connectivity index is 1.34. The number of benzene rings is 2. The Labute approximate surface area is 167 Å². The van der Waals surface area contributed by atoms with Crippen LogP contribution in [0.3, 0.4) is 0 Å². The Morgan fingerprint density at radius 3 is 2.56 bits per heavy atom. The normalized spacial score (nSPS) is 15.5. The molecule has 1 fully saturated rings. The molecule has 144 valence electrons. The van der Waals surface area contributed by atoms with Crippen LogP contribution in [0.2, 0.25) is 0 Å². The summed E-state index contributed by atoms with van der Waals surface area (Å²) in [5, 5.41) is 3.03. The lowest BCUT2D eigenvalue weighted by atomic mass is 10.0. The van der Waals surface area contributed by atoms with Gasteiger partial charge in [-0.3, -0.25) is 9.69 Å². The Bertz CT molecular complexity index is 746. The summed E-state index contributed by atoms with van der Waals surface area (Å²) in [5.74, 6) is 0.429. The summed E-state index contributed by atoms with van der Waals surface area (Å²) in [7, 11) is 0. The fourth-order valence-electron chi connectivity index (χ4n) is 3.22. The first-order chi connectivity index (χ1) is 13.1. The second kappa shape index (κ2) is 9.85. The number of ether oxygens (including phenoxy) is 1. The van der Waals surface area contributed by atoms with Gasteiger partial charge >= 0.3 is 0 Å². The van der Waals surface area contributed by atoms with Crippen molar-refractivity contribution in [3.8, 4) is 5.75 Å². The zero-order valence-corrected chi connectivity index (χ0v) is 16.8. The van der Waals surface area contributed by atoms with Gasteiger partial charge in [0.05, 0.1) is 6.42 Å². The number of carbonyl (C=O) groups is 1. The van der Waals surface area contributed by atoms with Gasteiger partial charge in [-0.05, 0) is 48.7 Å². The minimum atomic E-state index is -0.326. The van der Waals surface area contributed by atoms with Crippen molar-refractivity contribution in [2.24, 2.45) is 0 Å². The maximum atomic E-state index is 13.6. The fourth-order valence-corrected chi connectivity index (χ4v) is 3.48. The third kappa shape index (κ3) is 6.33. The van der Waals surface area contributed by atoms with Crippen molar-refractivity contribution < 1.29 is 13.9 Å². The van der Waals surface area contributed by atoms with Crippen LogP contribution in [-0.4, -0.2) is 43.1 Å². The van der Waals surface area contributed by atoms with Gasteiger partial charge in [0.1, 0.15) is 18.2 Å². The van der Waals surface area contributed by atoms with Gasteiger partial charge in [-0.1, -0.05) is 34.1 Å². The minimum Gasteiger partial charge on any atom is -0.492 e. The molecule has 4 nitrogen and oxygen atoms in total. The molecule has 0 atom stereocenters. The van der Waals surface area contributed by atoms with E-state index in [1.165, 1.54) is 6.07 Å². The summed E-state index contributed by atoms with van der Waals surface area (Å²) in [6, 6.07) is 14.4. The lowest BCUT2D eigenvalue weighted by Crippen LogP contribution is -2.46. The molecule has 0 spiro atoms. The fraction of sp³-hybridized carbons (Fsp3) is 0.381. The zero-order valence-electron chi connectivity index (χ0n) is 15.2. The molecule has 2 aromatic carbocycles. The number of amides is 1. The third-order valence-electron chi connectivity index (χ3n) is 4.75. The van der Waals surface area contributed by atoms with Crippen molar-refractivity contribution in [2.75, 3.05) is 26.2 Å². The van der Waals surface area contributed by atoms with Gasteiger partial charge in [0.15, 0.2) is 0 Å². The molecule has 0 aliphatic carbocycles. The highest BCUT2D eigenvalue weighted by Gasteiger charge is 2.21. The SMILES string of the molecule is O=C(Cc1ccccc1F)NC1CCN(CCOc2ccc(Br)cc2)CC1. The standard InChI is InChI=1S/C21H24BrFN2O2/c22-17-5-7-19(8-6-17)27-14-13-25-11-9-18(10-12-25)24-21(26)15-16-3-1-2-4-20(16)23/h1-8,18H,9-15H2,(H,24,26). The molecule has 1 amide bonds. The second-order valence-electron chi connectivity index (χ2n) is 6.75. The average molecular weight is 435 g/mol. The Morgan fingerprint density at radius 1 is 1.15 bits per heavy atom. The molecule has 1 heterocycles. The van der Waals surface area contributed by atoms with Gasteiger partial charge in [-0.15, -0.1) is 0 Å². The number of rotatable bonds is 7. The van der Waals surface area contributed by atoms with E-state index in [0.29, 0.717) is 12.2 Å². The average Bonchev–Trinajstić information content (AvgIpc) is 2.67. The molecule has 27 heavy (non-hydrogen) atoms. The van der Waals surface area contributed by atoms with E-state index in [-0.39, 0.29) is 24.2 Å². The molecule has 0 unspecified atom stereocenters. The van der Waals surface area contributed by atoms with E-state index in [9.17, 15) is 9.18 Å². The van der Waals surface area contributed by atoms with E-state index >= 15 is 0 Å². The van der Waals surface area contributed by atoms with Gasteiger partial charge < -0.3 is 10.1 Å². The number of hydrogen-bond acceptors (Lipinski definition) is 3. The summed E-state index contributed by atoms with van der Waals surface area (Å²) in [5.41, 5.74) is 0.442. The molecule has 1 aliphatic heterocycles. The number of nitrogens with zero attached hydrogens (tertiary/aromatic N) is 1. The third-order valence-corrected chi connectivity index (χ3v) is 5.28. The summed E-state index contributed by atoms with van der Waals surface area (Å²) < 4.78 is 20.4. The van der Waals surface area contributed by atoms with Crippen molar-refractivity contribution in [3.63, 3.8) is 0 Å². The van der Waals surface area contributed by atoms with E-state index in [1.54, 1.807) is 18.2 Å². The van der Waals surface area contributed by atoms with Crippen molar-refractivity contribution in [3.05, 3.63) is 64.4 Å². The highest BCUT2D eigenvalue weighted by atomic mass is 79.9. The molecule has 0 aromatic heterocycles. The predicted molar refractivity (Wildman–Crippen MR) is 107 cm³/mol. The number of piperidine rings is 1. The summed E-state index contributed by atoms with van der Waals surface area (Å²) >= 11 is 3.41. The van der Waals surface area contributed by atoms with E-state index in [2.05, 4.69) is 26.1 Å². The number of likely N-dealkylation sites (tertiary alicyclic amines) is 1. The molecular weight excluding hydrogens is 411 g/mol. The van der Waals surface area contributed by atoms with Gasteiger partial charge in [-0.2, -0.15) is 0 Å². The number of carbonyl (C=O) groups excluding carboxylic acids is 1. The number of nitrogens with one attached hydrogen (secondary N) is 1. The first-order valence-electron chi connectivity index (χ1n) is 9.23. The Kier molecular flexibility index (Phi) is 7.24. The number of hydrogen-bond donors (Lipinski definition) is 1. The van der Waals surface area contributed by atoms with E-state index in [0.717, 1.165) is 42.7 Å². The molecule has 0 saturated carbocycles. The Hall–Kier alpha value is -1.92. The van der Waals surface area contributed by atoms with Crippen LogP contribution in [0.4, 0.5) is 4.39 Å². The van der Waals surface area contributed by atoms with Crippen LogP contribution in [0.25, 0.3) is 0 Å². The molecule has 0 radical (unpaired) electrons. The maximum Gasteiger partial charge on any atom is 0.224 e. The molecule has 1 N–H and O–H groups in total. The monoisotopic (exact) mass is 434 g/mol. The van der Waals surface area contributed by atoms with Crippen LogP contribution in [0.5, 0.6) is 5.75 Å². The van der Waals surface area contributed by atoms with Gasteiger partial charge in [0, 0.05) is 30.1 Å². The summed E-state index contributed by atoms with van der Waals surface area (Å²) in [6.07, 6.45) is 1.90. The molecule has 6 heteroatoms. The largest absolute Gasteiger partial charge is 0.492 e. The van der Waals surface area contributed by atoms with Crippen LogP contribution < -0.4 is 10.1 Å². The lowest BCUT2D eigenvalue weighted by Gasteiger charge is -2.32. The zero-order chi connectivity index (χ0) is 19.1. The van der Waals surface area contributed by atoms with Crippen LogP contribution in [0.1, 0.15) is 18.4 Å². The van der Waals surface area contributed by atoms with Crippen molar-refractivity contribution in [1.29, 1.82) is 0 Å². The topological polar surface area (TPSA) is 41.6 Å². The molecule has 3 rings (SSSR count). The summed E-state index contributed by atoms with van der Waals surface area (Å²) in [4.78, 5) is 14.5. The van der Waals surface area contributed by atoms with Gasteiger partial charge in [0.2, 0.25) is 5.91 Å². The van der Waals surface area contributed by atoms with Gasteiger partial charge in [-0.25, -0.2) is 4.39 Å². The van der Waals surface area contributed by atoms with Gasteiger partial charge in [0.25, 0.3) is 0 Å². The van der Waals surface area contributed by atoms with Crippen molar-refractivity contribution in [2.45, 2.75) is 25.3 Å². The van der Waals surface area contributed by atoms with Crippen molar-refractivity contribution >= 4 is 21.8 Å². The lowest BCUT2D eigenvalue weighted by molar-refractivity contribution is -0.121. The molecule has 1 aliphatic rings. The molecule has 1 saturated heterocycles. The van der Waals surface area contributed by atoms with Crippen LogP contribution >= 0.6 is 15.9 Å². The first-order valence-corrected chi connectivity index (χ1v) is 10.0.